The van der Waals surface area contributed by atoms with Gasteiger partial charge in [0, 0.05) is 37.5 Å². The van der Waals surface area contributed by atoms with Gasteiger partial charge in [0.25, 0.3) is 0 Å². The second kappa shape index (κ2) is 9.75. The highest BCUT2D eigenvalue weighted by molar-refractivity contribution is 5.92. The third kappa shape index (κ3) is 5.23. The molecule has 7 nitrogen and oxygen atoms in total. The van der Waals surface area contributed by atoms with Gasteiger partial charge in [0.15, 0.2) is 0 Å². The molecule has 148 valence electrons. The molecule has 2 heterocycles. The first kappa shape index (κ1) is 19.7. The molecule has 0 saturated carbocycles. The van der Waals surface area contributed by atoms with Crippen molar-refractivity contribution in [3.8, 4) is 11.5 Å². The molecule has 1 N–H and O–H groups in total. The molecular formula is C21H25N3O4. The van der Waals surface area contributed by atoms with E-state index in [9.17, 15) is 4.79 Å². The number of nitrogens with zero attached hydrogens (tertiary/aromatic N) is 2. The molecule has 0 radical (unpaired) electrons. The summed E-state index contributed by atoms with van der Waals surface area (Å²) in [5, 5.41) is 2.90. The van der Waals surface area contributed by atoms with Gasteiger partial charge in [-0.1, -0.05) is 0 Å². The topological polar surface area (TPSA) is 72.9 Å². The van der Waals surface area contributed by atoms with Gasteiger partial charge in [-0.2, -0.15) is 0 Å². The molecule has 1 aliphatic heterocycles. The molecule has 0 aliphatic carbocycles. The molecule has 1 amide bonds. The van der Waals surface area contributed by atoms with Gasteiger partial charge in [0.05, 0.1) is 27.4 Å². The smallest absolute Gasteiger partial charge is 0.244 e. The number of benzene rings is 1. The van der Waals surface area contributed by atoms with Crippen LogP contribution in [0.15, 0.2) is 42.6 Å². The van der Waals surface area contributed by atoms with E-state index in [0.717, 1.165) is 30.0 Å². The number of carbonyl (C=O) groups excluding carboxylic acids is 1. The van der Waals surface area contributed by atoms with Crippen LogP contribution >= 0.6 is 0 Å². The Bertz CT molecular complexity index is 832. The Hall–Kier alpha value is -3.06. The van der Waals surface area contributed by atoms with Crippen LogP contribution < -0.4 is 19.7 Å². The van der Waals surface area contributed by atoms with Crippen molar-refractivity contribution in [2.45, 2.75) is 6.54 Å². The van der Waals surface area contributed by atoms with Crippen molar-refractivity contribution in [2.75, 3.05) is 45.4 Å². The number of nitrogens with one attached hydrogen (secondary N) is 1. The van der Waals surface area contributed by atoms with Crippen LogP contribution in [0.25, 0.3) is 6.08 Å². The molecule has 1 aliphatic rings. The molecule has 1 fully saturated rings. The number of pyridine rings is 1. The number of anilines is 1. The van der Waals surface area contributed by atoms with Crippen LogP contribution in [0.3, 0.4) is 0 Å². The number of amides is 1. The van der Waals surface area contributed by atoms with E-state index in [1.807, 2.05) is 24.3 Å². The molecule has 0 unspecified atom stereocenters. The zero-order valence-corrected chi connectivity index (χ0v) is 16.2. The molecule has 0 bridgehead atoms. The fourth-order valence-electron chi connectivity index (χ4n) is 2.92. The lowest BCUT2D eigenvalue weighted by molar-refractivity contribution is -0.116. The molecule has 2 aromatic rings. The van der Waals surface area contributed by atoms with Crippen molar-refractivity contribution < 1.29 is 19.0 Å². The van der Waals surface area contributed by atoms with E-state index in [1.165, 1.54) is 6.08 Å². The van der Waals surface area contributed by atoms with Gasteiger partial charge in [-0.3, -0.25) is 4.79 Å². The van der Waals surface area contributed by atoms with Gasteiger partial charge in [-0.25, -0.2) is 4.98 Å². The number of methoxy groups -OCH3 is 2. The first-order valence-electron chi connectivity index (χ1n) is 9.15. The molecule has 3 rings (SSSR count). The Balaban J connectivity index is 1.59. The second-order valence-corrected chi connectivity index (χ2v) is 6.28. The second-order valence-electron chi connectivity index (χ2n) is 6.28. The quantitative estimate of drug-likeness (QED) is 0.740. The minimum atomic E-state index is -0.186. The van der Waals surface area contributed by atoms with Crippen LogP contribution in [0, 0.1) is 0 Å². The van der Waals surface area contributed by atoms with Crippen molar-refractivity contribution >= 4 is 17.8 Å². The summed E-state index contributed by atoms with van der Waals surface area (Å²) in [6.45, 7) is 3.50. The molecule has 7 heteroatoms. The van der Waals surface area contributed by atoms with E-state index in [2.05, 4.69) is 15.2 Å². The first-order chi connectivity index (χ1) is 13.7. The van der Waals surface area contributed by atoms with E-state index in [4.69, 9.17) is 14.2 Å². The van der Waals surface area contributed by atoms with Crippen molar-refractivity contribution in [3.63, 3.8) is 0 Å². The molecule has 1 aromatic heterocycles. The summed E-state index contributed by atoms with van der Waals surface area (Å²) < 4.78 is 15.9. The Kier molecular flexibility index (Phi) is 6.86. The molecular weight excluding hydrogens is 358 g/mol. The Morgan fingerprint density at radius 1 is 1.21 bits per heavy atom. The van der Waals surface area contributed by atoms with Gasteiger partial charge in [0.1, 0.15) is 17.3 Å². The van der Waals surface area contributed by atoms with Gasteiger partial charge >= 0.3 is 0 Å². The molecule has 1 saturated heterocycles. The Labute approximate surface area is 164 Å². The van der Waals surface area contributed by atoms with Crippen LogP contribution in [-0.2, 0) is 16.1 Å². The van der Waals surface area contributed by atoms with E-state index in [1.54, 1.807) is 32.6 Å². The fourth-order valence-corrected chi connectivity index (χ4v) is 2.92. The van der Waals surface area contributed by atoms with E-state index < -0.39 is 0 Å². The number of hydrogen-bond acceptors (Lipinski definition) is 6. The fraction of sp³-hybridized carbons (Fsp3) is 0.333. The van der Waals surface area contributed by atoms with E-state index in [0.29, 0.717) is 31.3 Å². The summed E-state index contributed by atoms with van der Waals surface area (Å²) in [6.07, 6.45) is 4.97. The maximum absolute atomic E-state index is 12.2. The number of morpholine rings is 1. The Morgan fingerprint density at radius 2 is 2.04 bits per heavy atom. The van der Waals surface area contributed by atoms with Crippen molar-refractivity contribution in [2.24, 2.45) is 0 Å². The third-order valence-electron chi connectivity index (χ3n) is 4.46. The third-order valence-corrected chi connectivity index (χ3v) is 4.46. The average molecular weight is 383 g/mol. The molecule has 0 atom stereocenters. The van der Waals surface area contributed by atoms with E-state index >= 15 is 0 Å². The van der Waals surface area contributed by atoms with E-state index in [-0.39, 0.29) is 5.91 Å². The van der Waals surface area contributed by atoms with Crippen LogP contribution in [0.1, 0.15) is 11.1 Å². The number of aromatic nitrogens is 1. The van der Waals surface area contributed by atoms with Gasteiger partial charge < -0.3 is 24.4 Å². The summed E-state index contributed by atoms with van der Waals surface area (Å²) in [4.78, 5) is 18.8. The van der Waals surface area contributed by atoms with Gasteiger partial charge in [0.2, 0.25) is 5.91 Å². The maximum Gasteiger partial charge on any atom is 0.244 e. The largest absolute Gasteiger partial charge is 0.497 e. The standard InChI is InChI=1S/C21H25N3O4/c1-26-18-4-5-19(27-2)17(14-18)3-6-21(25)23-15-16-7-8-22-20(13-16)24-9-11-28-12-10-24/h3-8,13-14H,9-12,15H2,1-2H3,(H,23,25)/b6-3+. The highest BCUT2D eigenvalue weighted by Gasteiger charge is 2.12. The molecule has 0 spiro atoms. The van der Waals surface area contributed by atoms with Crippen LogP contribution in [-0.4, -0.2) is 51.4 Å². The number of ether oxygens (including phenoxy) is 3. The monoisotopic (exact) mass is 383 g/mol. The van der Waals surface area contributed by atoms with Crippen LogP contribution in [0.4, 0.5) is 5.82 Å². The van der Waals surface area contributed by atoms with Crippen molar-refractivity contribution in [1.82, 2.24) is 10.3 Å². The van der Waals surface area contributed by atoms with Crippen molar-refractivity contribution in [3.05, 3.63) is 53.7 Å². The summed E-state index contributed by atoms with van der Waals surface area (Å²) in [7, 11) is 3.19. The molecule has 1 aromatic carbocycles. The number of carbonyl (C=O) groups is 1. The number of hydrogen-bond donors (Lipinski definition) is 1. The first-order valence-corrected chi connectivity index (χ1v) is 9.15. The zero-order chi connectivity index (χ0) is 19.8. The predicted molar refractivity (Wildman–Crippen MR) is 108 cm³/mol. The zero-order valence-electron chi connectivity index (χ0n) is 16.2. The average Bonchev–Trinajstić information content (AvgIpc) is 2.76. The van der Waals surface area contributed by atoms with Crippen LogP contribution in [0.5, 0.6) is 11.5 Å². The van der Waals surface area contributed by atoms with Crippen LogP contribution in [0.2, 0.25) is 0 Å². The SMILES string of the molecule is COc1ccc(OC)c(/C=C/C(=O)NCc2ccnc(N3CCOCC3)c2)c1. The maximum atomic E-state index is 12.2. The lowest BCUT2D eigenvalue weighted by atomic mass is 10.1. The van der Waals surface area contributed by atoms with Crippen molar-refractivity contribution in [1.29, 1.82) is 0 Å². The predicted octanol–water partition coefficient (Wildman–Crippen LogP) is 2.27. The highest BCUT2D eigenvalue weighted by atomic mass is 16.5. The minimum Gasteiger partial charge on any atom is -0.497 e. The lowest BCUT2D eigenvalue weighted by Crippen LogP contribution is -2.36. The normalized spacial score (nSPS) is 14.1. The van der Waals surface area contributed by atoms with Gasteiger partial charge in [-0.05, 0) is 42.0 Å². The summed E-state index contributed by atoms with van der Waals surface area (Å²) in [6, 6.07) is 9.34. The number of rotatable bonds is 7. The summed E-state index contributed by atoms with van der Waals surface area (Å²) in [5.41, 5.74) is 1.77. The Morgan fingerprint density at radius 3 is 2.79 bits per heavy atom. The summed E-state index contributed by atoms with van der Waals surface area (Å²) >= 11 is 0. The summed E-state index contributed by atoms with van der Waals surface area (Å²) in [5.74, 6) is 2.10. The minimum absolute atomic E-state index is 0.186. The highest BCUT2D eigenvalue weighted by Crippen LogP contribution is 2.25. The van der Waals surface area contributed by atoms with Gasteiger partial charge in [-0.15, -0.1) is 0 Å². The lowest BCUT2D eigenvalue weighted by Gasteiger charge is -2.28. The molecule has 28 heavy (non-hydrogen) atoms.